The molecule has 240 valence electrons. The molecule has 10 nitrogen and oxygen atoms in total. The maximum atomic E-state index is 5.69. The summed E-state index contributed by atoms with van der Waals surface area (Å²) in [5, 5.41) is 0. The molecule has 0 saturated carbocycles. The Morgan fingerprint density at radius 1 is 0.674 bits per heavy atom. The van der Waals surface area contributed by atoms with E-state index < -0.39 is 0 Å². The van der Waals surface area contributed by atoms with Crippen molar-refractivity contribution in [1.29, 1.82) is 0 Å². The summed E-state index contributed by atoms with van der Waals surface area (Å²) in [6.07, 6.45) is 26.6. The number of imidazole rings is 4. The maximum Gasteiger partial charge on any atom is 0.0400 e. The molecule has 0 amide bonds. The molecule has 0 unspecified atom stereocenters. The Balaban J connectivity index is -0.000000249. The molecular weight excluding hydrogens is 880 g/mol. The molecule has 4 heterocycles. The van der Waals surface area contributed by atoms with Crippen molar-refractivity contribution in [1.82, 2.24) is 38.2 Å². The fraction of sp³-hybridized carbons (Fsp3) is 0.375. The van der Waals surface area contributed by atoms with Crippen molar-refractivity contribution in [2.75, 3.05) is 5.73 Å². The van der Waals surface area contributed by atoms with Crippen LogP contribution in [0.5, 0.6) is 0 Å². The van der Waals surface area contributed by atoms with E-state index in [1.165, 1.54) is 0 Å². The quantitative estimate of drug-likeness (QED) is 0.265. The van der Waals surface area contributed by atoms with Crippen LogP contribution in [0.3, 0.4) is 0 Å². The van der Waals surface area contributed by atoms with Crippen molar-refractivity contribution >= 4 is 29.2 Å². The number of anilines is 1. The van der Waals surface area contributed by atoms with Gasteiger partial charge in [-0.15, -0.1) is 0 Å². The third-order valence-corrected chi connectivity index (χ3v) is 6.14. The summed E-state index contributed by atoms with van der Waals surface area (Å²) in [6, 6.07) is 0. The van der Waals surface area contributed by atoms with Crippen molar-refractivity contribution in [3.05, 3.63) is 90.0 Å². The van der Waals surface area contributed by atoms with E-state index in [1.807, 2.05) is 97.7 Å². The van der Waals surface area contributed by atoms with Gasteiger partial charge >= 0.3 is 0 Å². The van der Waals surface area contributed by atoms with Gasteiger partial charge < -0.3 is 74.0 Å². The van der Waals surface area contributed by atoms with Crippen molar-refractivity contribution in [3.63, 3.8) is 0 Å². The average molecular weight is 922 g/mol. The first-order valence-electron chi connectivity index (χ1n) is 13.2. The third-order valence-electron chi connectivity index (χ3n) is 6.14. The molecule has 0 aliphatic carbocycles. The normalized spacial score (nSPS) is 10.8. The van der Waals surface area contributed by atoms with Crippen LogP contribution in [0.4, 0.5) is 5.82 Å². The predicted molar refractivity (Wildman–Crippen MR) is 168 cm³/mol. The molecule has 4 aromatic heterocycles. The molecule has 0 fully saturated rings. The zero-order chi connectivity index (χ0) is 32.0. The second-order valence-corrected chi connectivity index (χ2v) is 9.06. The van der Waals surface area contributed by atoms with Crippen molar-refractivity contribution in [2.45, 2.75) is 83.1 Å². The number of hydrogen-bond acceptors (Lipinski definition) is 6. The van der Waals surface area contributed by atoms with Gasteiger partial charge in [-0.2, -0.15) is 5.82 Å². The van der Waals surface area contributed by atoms with Crippen LogP contribution in [-0.2, 0) is 131 Å². The SMILES string of the molecule is C[C-]=C(C)n1[c-]nc(C)c1.C[C-]=C(C)n1[c-]nc(C)c1N.C[C-]=C(N)n1[c-]nc(C)c1C.C[C-]=Cn1[c-]nc(C)c1C.[Y].[Y].[Y].[Y]. The van der Waals surface area contributed by atoms with E-state index in [9.17, 15) is 0 Å². The fourth-order valence-electron chi connectivity index (χ4n) is 2.94. The molecule has 14 heteroatoms. The number of nitrogens with two attached hydrogens (primary N) is 2. The van der Waals surface area contributed by atoms with Crippen LogP contribution in [0, 0.1) is 91.2 Å². The topological polar surface area (TPSA) is 123 Å². The first kappa shape index (κ1) is 52.6. The van der Waals surface area contributed by atoms with Crippen LogP contribution in [0.2, 0.25) is 0 Å². The minimum atomic E-state index is 0. The van der Waals surface area contributed by atoms with Crippen LogP contribution in [0.1, 0.15) is 75.7 Å². The van der Waals surface area contributed by atoms with E-state index in [0.29, 0.717) is 11.6 Å². The Morgan fingerprint density at radius 2 is 1.17 bits per heavy atom. The van der Waals surface area contributed by atoms with Gasteiger partial charge in [0.25, 0.3) is 0 Å². The monoisotopic (exact) mass is 922 g/mol. The average Bonchev–Trinajstić information content (AvgIpc) is 3.74. The number of rotatable bonds is 4. The van der Waals surface area contributed by atoms with E-state index in [0.717, 1.165) is 45.6 Å². The molecule has 46 heavy (non-hydrogen) atoms. The molecule has 0 aliphatic heterocycles. The zero-order valence-corrected chi connectivity index (χ0v) is 40.5. The molecule has 0 aromatic carbocycles. The van der Waals surface area contributed by atoms with Gasteiger partial charge in [0.05, 0.1) is 0 Å². The second-order valence-electron chi connectivity index (χ2n) is 9.06. The number of aryl methyl sites for hydroxylation is 4. The minimum Gasteiger partial charge on any atom is -0.537 e. The molecule has 4 aromatic rings. The Morgan fingerprint density at radius 3 is 1.52 bits per heavy atom. The summed E-state index contributed by atoms with van der Waals surface area (Å²) in [6.45, 7) is 22.8. The number of allylic oxidation sites excluding steroid dienone is 6. The molecule has 0 saturated heterocycles. The summed E-state index contributed by atoms with van der Waals surface area (Å²) >= 11 is 0. The summed E-state index contributed by atoms with van der Waals surface area (Å²) in [5.41, 5.74) is 19.1. The standard InChI is InChI=1S/2C8H11N3.2C8H10N2.4Y/c1-4-8(9)11-5-10-6(2)7(11)3;1-4-6(2)11-5-10-7(3)8(11)9;1-4-8(3)10-5-7(2)9-6-10;1-4-5-10-6-9-7(2)8(10)3;;;;/h2*9H2,1-3H3;2*5H,1-3H3;;;;/q4*-2;;;;. The van der Waals surface area contributed by atoms with Gasteiger partial charge in [0.2, 0.25) is 0 Å². The van der Waals surface area contributed by atoms with E-state index in [2.05, 4.69) is 69.5 Å². The molecule has 0 aliphatic rings. The van der Waals surface area contributed by atoms with Gasteiger partial charge in [-0.25, -0.2) is 39.1 Å². The van der Waals surface area contributed by atoms with E-state index in [-0.39, 0.29) is 131 Å². The molecule has 4 rings (SSSR count). The zero-order valence-electron chi connectivity index (χ0n) is 29.2. The molecule has 0 atom stereocenters. The summed E-state index contributed by atoms with van der Waals surface area (Å²) in [4.78, 5) is 15.9. The largest absolute Gasteiger partial charge is 0.537 e. The Bertz CT molecular complexity index is 1480. The molecule has 0 bridgehead atoms. The number of nitrogens with zero attached hydrogens (tertiary/aromatic N) is 8. The van der Waals surface area contributed by atoms with Crippen LogP contribution in [0.25, 0.3) is 23.4 Å². The molecule has 4 radical (unpaired) electrons. The number of nitrogen functional groups attached to an aromatic ring is 1. The van der Waals surface area contributed by atoms with Gasteiger partial charge in [-0.05, 0) is 5.69 Å². The Labute approximate surface area is 377 Å². The van der Waals surface area contributed by atoms with Crippen molar-refractivity contribution < 1.29 is 131 Å². The summed E-state index contributed by atoms with van der Waals surface area (Å²) in [7, 11) is 0. The molecule has 4 N–H and O–H groups in total. The Hall–Kier alpha value is -0.184. The van der Waals surface area contributed by atoms with E-state index >= 15 is 0 Å². The van der Waals surface area contributed by atoms with Crippen molar-refractivity contribution in [3.8, 4) is 0 Å². The Kier molecular flexibility index (Phi) is 31.6. The van der Waals surface area contributed by atoms with Crippen LogP contribution in [-0.4, -0.2) is 38.2 Å². The van der Waals surface area contributed by atoms with Gasteiger partial charge in [-0.3, -0.25) is 6.20 Å². The first-order chi connectivity index (χ1) is 19.8. The third kappa shape index (κ3) is 17.0. The van der Waals surface area contributed by atoms with Crippen LogP contribution >= 0.6 is 0 Å². The molecular formula is C32H42N10Y4-8. The summed E-state index contributed by atoms with van der Waals surface area (Å²) < 4.78 is 7.04. The fourth-order valence-corrected chi connectivity index (χ4v) is 2.94. The van der Waals surface area contributed by atoms with Gasteiger partial charge in [0.15, 0.2) is 0 Å². The first-order valence-corrected chi connectivity index (χ1v) is 13.2. The van der Waals surface area contributed by atoms with Gasteiger partial charge in [0, 0.05) is 162 Å². The van der Waals surface area contributed by atoms with E-state index in [4.69, 9.17) is 11.5 Å². The second kappa shape index (κ2) is 27.6. The molecule has 0 spiro atoms. The smallest absolute Gasteiger partial charge is 0.0400 e. The maximum absolute atomic E-state index is 5.69. The predicted octanol–water partition coefficient (Wildman–Crippen LogP) is 5.40. The van der Waals surface area contributed by atoms with Gasteiger partial charge in [0.1, 0.15) is 0 Å². The van der Waals surface area contributed by atoms with E-state index in [1.54, 1.807) is 16.1 Å². The van der Waals surface area contributed by atoms with Crippen LogP contribution < -0.4 is 11.5 Å². The number of hydrogen-bond donors (Lipinski definition) is 2. The summed E-state index contributed by atoms with van der Waals surface area (Å²) in [5.74, 6) is 1.18. The van der Waals surface area contributed by atoms with Crippen molar-refractivity contribution in [2.24, 2.45) is 5.73 Å². The minimum absolute atomic E-state index is 0. The van der Waals surface area contributed by atoms with Crippen LogP contribution in [0.15, 0.2) is 6.20 Å². The van der Waals surface area contributed by atoms with Gasteiger partial charge in [-0.1, -0.05) is 90.1 Å². The number of aromatic nitrogens is 8.